The summed E-state index contributed by atoms with van der Waals surface area (Å²) in [6, 6.07) is 7.19. The molecule has 1 aromatic heterocycles. The third-order valence-electron chi connectivity index (χ3n) is 5.35. The van der Waals surface area contributed by atoms with E-state index in [9.17, 15) is 14.3 Å². The molecule has 2 aliphatic rings. The Morgan fingerprint density at radius 1 is 1.29 bits per heavy atom. The van der Waals surface area contributed by atoms with E-state index in [-0.39, 0.29) is 17.3 Å². The van der Waals surface area contributed by atoms with Gasteiger partial charge in [0.25, 0.3) is 5.91 Å². The maximum absolute atomic E-state index is 13.9. The molecule has 1 unspecified atom stereocenters. The van der Waals surface area contributed by atoms with Crippen molar-refractivity contribution in [2.45, 2.75) is 18.8 Å². The Bertz CT molecular complexity index is 1050. The van der Waals surface area contributed by atoms with E-state index in [4.69, 9.17) is 11.0 Å². The monoisotopic (exact) mass is 424 g/mol. The maximum atomic E-state index is 13.9. The van der Waals surface area contributed by atoms with Crippen molar-refractivity contribution in [1.29, 1.82) is 5.26 Å². The number of nitriles is 1. The van der Waals surface area contributed by atoms with Crippen LogP contribution >= 0.6 is 0 Å². The third kappa shape index (κ3) is 4.30. The Morgan fingerprint density at radius 3 is 2.77 bits per heavy atom. The van der Waals surface area contributed by atoms with Crippen molar-refractivity contribution in [2.24, 2.45) is 10.8 Å². The number of hydrogen-bond acceptors (Lipinski definition) is 9. The first-order chi connectivity index (χ1) is 15.0. The number of benzene rings is 1. The first kappa shape index (κ1) is 20.6. The fourth-order valence-electron chi connectivity index (χ4n) is 3.77. The van der Waals surface area contributed by atoms with E-state index in [2.05, 4.69) is 15.1 Å². The number of amides is 1. The molecule has 3 N–H and O–H groups in total. The Labute approximate surface area is 178 Å². The lowest BCUT2D eigenvalue weighted by molar-refractivity contribution is -0.126. The van der Waals surface area contributed by atoms with Crippen molar-refractivity contribution in [3.63, 3.8) is 0 Å². The fraction of sp³-hybridized carbons (Fsp3) is 0.350. The van der Waals surface area contributed by atoms with E-state index in [1.807, 2.05) is 15.9 Å². The average molecular weight is 424 g/mol. The van der Waals surface area contributed by atoms with Gasteiger partial charge < -0.3 is 15.7 Å². The molecule has 1 aromatic carbocycles. The number of piperazine rings is 1. The predicted molar refractivity (Wildman–Crippen MR) is 109 cm³/mol. The number of aromatic nitrogens is 2. The van der Waals surface area contributed by atoms with E-state index >= 15 is 0 Å². The van der Waals surface area contributed by atoms with Gasteiger partial charge >= 0.3 is 0 Å². The van der Waals surface area contributed by atoms with Gasteiger partial charge in [-0.2, -0.15) is 10.4 Å². The van der Waals surface area contributed by atoms with Crippen molar-refractivity contribution in [1.82, 2.24) is 19.9 Å². The molecule has 1 saturated heterocycles. The van der Waals surface area contributed by atoms with Crippen LogP contribution in [0.2, 0.25) is 0 Å². The number of carbonyl (C=O) groups is 1. The fourth-order valence-corrected chi connectivity index (χ4v) is 3.77. The summed E-state index contributed by atoms with van der Waals surface area (Å²) in [6.07, 6.45) is 2.64. The molecule has 0 saturated carbocycles. The largest absolute Gasteiger partial charge is 0.364 e. The van der Waals surface area contributed by atoms with Crippen LogP contribution in [0.4, 0.5) is 10.3 Å². The van der Waals surface area contributed by atoms with Crippen molar-refractivity contribution < 1.29 is 14.3 Å². The summed E-state index contributed by atoms with van der Waals surface area (Å²) in [4.78, 5) is 23.5. The molecule has 2 aromatic rings. The highest BCUT2D eigenvalue weighted by Gasteiger charge is 2.34. The maximum Gasteiger partial charge on any atom is 0.267 e. The SMILES string of the molecule is N#Cc1cc(F)cc([C@@H]2CC=NN2C(O)N2CCN(c3nccc(C(N)=O)n3)CC2)c1. The number of carbonyl (C=O) groups excluding carboxylic acids is 1. The van der Waals surface area contributed by atoms with Gasteiger partial charge in [-0.3, -0.25) is 9.69 Å². The van der Waals surface area contributed by atoms with Gasteiger partial charge in [0.1, 0.15) is 11.5 Å². The van der Waals surface area contributed by atoms with Crippen molar-refractivity contribution in [3.05, 3.63) is 53.1 Å². The number of hydrazone groups is 1. The molecule has 0 bridgehead atoms. The van der Waals surface area contributed by atoms with E-state index in [1.54, 1.807) is 12.3 Å². The molecule has 0 spiro atoms. The normalized spacial score (nSPS) is 20.0. The summed E-state index contributed by atoms with van der Waals surface area (Å²) in [5.41, 5.74) is 6.24. The third-order valence-corrected chi connectivity index (χ3v) is 5.35. The topological polar surface area (TPSA) is 135 Å². The standard InChI is InChI=1S/C20H21FN8O2/c21-15-10-13(12-22)9-14(11-15)17-2-4-25-29(17)20(31)28-7-5-27(6-8-28)19-24-3-1-16(26-19)18(23)30/h1,3-4,9-11,17,20,31H,2,5-8H2,(H2,23,30)/t17-,20?/m0/s1. The second-order valence-electron chi connectivity index (χ2n) is 7.29. The minimum Gasteiger partial charge on any atom is -0.364 e. The quantitative estimate of drug-likeness (QED) is 0.705. The zero-order chi connectivity index (χ0) is 22.0. The van der Waals surface area contributed by atoms with Crippen LogP contribution in [0.5, 0.6) is 0 Å². The lowest BCUT2D eigenvalue weighted by atomic mass is 10.0. The predicted octanol–water partition coefficient (Wildman–Crippen LogP) is 0.417. The van der Waals surface area contributed by atoms with Crippen LogP contribution in [0, 0.1) is 17.1 Å². The summed E-state index contributed by atoms with van der Waals surface area (Å²) >= 11 is 0. The molecule has 4 rings (SSSR count). The Balaban J connectivity index is 1.43. The number of aliphatic hydroxyl groups excluding tert-OH is 1. The van der Waals surface area contributed by atoms with Crippen molar-refractivity contribution >= 4 is 18.1 Å². The second-order valence-corrected chi connectivity index (χ2v) is 7.29. The molecular weight excluding hydrogens is 403 g/mol. The van der Waals surface area contributed by atoms with Gasteiger partial charge in [0, 0.05) is 45.0 Å². The number of nitrogens with two attached hydrogens (primary N) is 1. The van der Waals surface area contributed by atoms with Gasteiger partial charge in [0.2, 0.25) is 12.3 Å². The Morgan fingerprint density at radius 2 is 2.06 bits per heavy atom. The van der Waals surface area contributed by atoms with Gasteiger partial charge in [-0.1, -0.05) is 0 Å². The summed E-state index contributed by atoms with van der Waals surface area (Å²) in [5, 5.41) is 25.9. The number of aliphatic hydroxyl groups is 1. The van der Waals surface area contributed by atoms with Crippen LogP contribution < -0.4 is 10.6 Å². The second kappa shape index (κ2) is 8.63. The summed E-state index contributed by atoms with van der Waals surface area (Å²) in [5.74, 6) is -0.707. The summed E-state index contributed by atoms with van der Waals surface area (Å²) in [7, 11) is 0. The minimum absolute atomic E-state index is 0.147. The number of primary amides is 1. The minimum atomic E-state index is -1.02. The highest BCUT2D eigenvalue weighted by atomic mass is 19.1. The molecule has 1 amide bonds. The van der Waals surface area contributed by atoms with Gasteiger partial charge in [0.05, 0.1) is 17.7 Å². The number of anilines is 1. The zero-order valence-corrected chi connectivity index (χ0v) is 16.6. The van der Waals surface area contributed by atoms with Crippen LogP contribution in [0.1, 0.15) is 34.1 Å². The molecule has 2 aliphatic heterocycles. The van der Waals surface area contributed by atoms with E-state index < -0.39 is 18.1 Å². The molecule has 10 nitrogen and oxygen atoms in total. The lowest BCUT2D eigenvalue weighted by Gasteiger charge is -2.41. The number of hydrogen-bond donors (Lipinski definition) is 2. The Hall–Kier alpha value is -3.62. The van der Waals surface area contributed by atoms with Crippen LogP contribution in [-0.2, 0) is 0 Å². The first-order valence-corrected chi connectivity index (χ1v) is 9.77. The molecule has 3 heterocycles. The summed E-state index contributed by atoms with van der Waals surface area (Å²) in [6.45, 7) is 2.05. The molecule has 1 fully saturated rings. The molecule has 2 atom stereocenters. The van der Waals surface area contributed by atoms with E-state index in [0.29, 0.717) is 44.1 Å². The van der Waals surface area contributed by atoms with Gasteiger partial charge in [0.15, 0.2) is 0 Å². The van der Waals surface area contributed by atoms with Gasteiger partial charge in [-0.25, -0.2) is 19.4 Å². The van der Waals surface area contributed by atoms with E-state index in [0.717, 1.165) is 0 Å². The van der Waals surface area contributed by atoms with Crippen molar-refractivity contribution in [3.8, 4) is 6.07 Å². The zero-order valence-electron chi connectivity index (χ0n) is 16.6. The average Bonchev–Trinajstić information content (AvgIpc) is 3.28. The van der Waals surface area contributed by atoms with Crippen LogP contribution in [0.3, 0.4) is 0 Å². The van der Waals surface area contributed by atoms with Crippen molar-refractivity contribution in [2.75, 3.05) is 31.1 Å². The molecule has 11 heteroatoms. The van der Waals surface area contributed by atoms with Crippen LogP contribution in [-0.4, -0.2) is 69.6 Å². The Kier molecular flexibility index (Phi) is 5.75. The van der Waals surface area contributed by atoms with Gasteiger partial charge in [-0.15, -0.1) is 0 Å². The van der Waals surface area contributed by atoms with Gasteiger partial charge in [-0.05, 0) is 29.8 Å². The molecular formula is C20H21FN8O2. The number of nitrogens with zero attached hydrogens (tertiary/aromatic N) is 7. The molecule has 0 aliphatic carbocycles. The smallest absolute Gasteiger partial charge is 0.267 e. The molecule has 0 radical (unpaired) electrons. The van der Waals surface area contributed by atoms with Crippen LogP contribution in [0.15, 0.2) is 35.6 Å². The first-order valence-electron chi connectivity index (χ1n) is 9.77. The summed E-state index contributed by atoms with van der Waals surface area (Å²) < 4.78 is 13.9. The number of rotatable bonds is 5. The van der Waals surface area contributed by atoms with E-state index in [1.165, 1.54) is 29.4 Å². The lowest BCUT2D eigenvalue weighted by Crippen LogP contribution is -2.55. The van der Waals surface area contributed by atoms with Crippen LogP contribution in [0.25, 0.3) is 0 Å². The molecule has 160 valence electrons. The number of halogens is 1. The highest BCUT2D eigenvalue weighted by Crippen LogP contribution is 2.31. The highest BCUT2D eigenvalue weighted by molar-refractivity contribution is 5.90. The molecule has 31 heavy (non-hydrogen) atoms.